The molecule has 0 saturated heterocycles. The maximum absolute atomic E-state index is 12.8. The summed E-state index contributed by atoms with van der Waals surface area (Å²) < 4.78 is 46.1. The fraction of sp³-hybridized carbons (Fsp3) is 0.263. The summed E-state index contributed by atoms with van der Waals surface area (Å²) in [5.41, 5.74) is -0.0583. The maximum Gasteiger partial charge on any atom is 0.416 e. The lowest BCUT2D eigenvalue weighted by Gasteiger charge is -2.10. The second-order valence-corrected chi connectivity index (χ2v) is 6.67. The first kappa shape index (κ1) is 19.3. The first-order chi connectivity index (χ1) is 13.0. The summed E-state index contributed by atoms with van der Waals surface area (Å²) in [4.78, 5) is 0. The molecule has 0 fully saturated rings. The molecule has 0 N–H and O–H groups in total. The third kappa shape index (κ3) is 5.03. The molecule has 0 bridgehead atoms. The van der Waals surface area contributed by atoms with Crippen molar-refractivity contribution >= 4 is 11.8 Å². The monoisotopic (exact) mass is 393 g/mol. The number of para-hydroxylation sites is 1. The number of hydrogen-bond donors (Lipinski definition) is 0. The predicted molar refractivity (Wildman–Crippen MR) is 97.5 cm³/mol. The smallest absolute Gasteiger partial charge is 0.416 e. The quantitative estimate of drug-likeness (QED) is 0.518. The van der Waals surface area contributed by atoms with E-state index in [0.29, 0.717) is 28.8 Å². The summed E-state index contributed by atoms with van der Waals surface area (Å²) in [5.74, 6) is 1.79. The van der Waals surface area contributed by atoms with Gasteiger partial charge in [0.05, 0.1) is 5.56 Å². The van der Waals surface area contributed by atoms with E-state index >= 15 is 0 Å². The predicted octanol–water partition coefficient (Wildman–Crippen LogP) is 5.19. The van der Waals surface area contributed by atoms with Crippen molar-refractivity contribution in [2.45, 2.75) is 37.2 Å². The molecular formula is C19H18F3N3OS. The highest BCUT2D eigenvalue weighted by atomic mass is 32.2. The first-order valence-corrected chi connectivity index (χ1v) is 9.35. The second kappa shape index (κ2) is 8.47. The van der Waals surface area contributed by atoms with Gasteiger partial charge in [-0.2, -0.15) is 13.2 Å². The Bertz CT molecular complexity index is 881. The molecule has 0 saturated carbocycles. The van der Waals surface area contributed by atoms with E-state index in [1.807, 2.05) is 41.8 Å². The third-order valence-corrected chi connectivity index (χ3v) is 4.88. The van der Waals surface area contributed by atoms with Gasteiger partial charge in [-0.1, -0.05) is 48.2 Å². The van der Waals surface area contributed by atoms with E-state index in [9.17, 15) is 13.2 Å². The molecule has 1 heterocycles. The van der Waals surface area contributed by atoms with Crippen LogP contribution in [0.5, 0.6) is 5.75 Å². The van der Waals surface area contributed by atoms with E-state index in [4.69, 9.17) is 4.74 Å². The number of thioether (sulfide) groups is 1. The number of benzene rings is 2. The van der Waals surface area contributed by atoms with Crippen LogP contribution in [0.1, 0.15) is 23.9 Å². The Morgan fingerprint density at radius 1 is 1.04 bits per heavy atom. The van der Waals surface area contributed by atoms with E-state index in [1.165, 1.54) is 23.9 Å². The van der Waals surface area contributed by atoms with Gasteiger partial charge >= 0.3 is 6.18 Å². The van der Waals surface area contributed by atoms with E-state index in [1.54, 1.807) is 6.07 Å². The highest BCUT2D eigenvalue weighted by Crippen LogP contribution is 2.31. The van der Waals surface area contributed by atoms with Crippen LogP contribution < -0.4 is 4.74 Å². The lowest BCUT2D eigenvalue weighted by molar-refractivity contribution is -0.137. The Morgan fingerprint density at radius 3 is 2.52 bits per heavy atom. The van der Waals surface area contributed by atoms with E-state index < -0.39 is 11.7 Å². The minimum atomic E-state index is -4.34. The molecule has 0 aliphatic rings. The Hall–Kier alpha value is -2.48. The van der Waals surface area contributed by atoms with Crippen LogP contribution in [0.25, 0.3) is 0 Å². The third-order valence-electron chi connectivity index (χ3n) is 3.84. The van der Waals surface area contributed by atoms with Crippen molar-refractivity contribution in [2.24, 2.45) is 0 Å². The number of hydrogen-bond acceptors (Lipinski definition) is 4. The van der Waals surface area contributed by atoms with Crippen LogP contribution in [0.3, 0.4) is 0 Å². The van der Waals surface area contributed by atoms with Gasteiger partial charge in [-0.25, -0.2) is 0 Å². The Morgan fingerprint density at radius 2 is 1.81 bits per heavy atom. The second-order valence-electron chi connectivity index (χ2n) is 5.73. The number of rotatable bonds is 7. The zero-order valence-electron chi connectivity index (χ0n) is 14.6. The van der Waals surface area contributed by atoms with Crippen LogP contribution >= 0.6 is 11.8 Å². The molecule has 0 unspecified atom stereocenters. The van der Waals surface area contributed by atoms with Crippen molar-refractivity contribution in [3.05, 3.63) is 71.5 Å². The van der Waals surface area contributed by atoms with Crippen molar-refractivity contribution < 1.29 is 17.9 Å². The summed E-state index contributed by atoms with van der Waals surface area (Å²) >= 11 is 1.35. The Labute approximate surface area is 159 Å². The fourth-order valence-electron chi connectivity index (χ4n) is 2.50. The van der Waals surface area contributed by atoms with Gasteiger partial charge in [-0.15, -0.1) is 10.2 Å². The molecule has 3 rings (SSSR count). The van der Waals surface area contributed by atoms with Crippen LogP contribution in [0.4, 0.5) is 13.2 Å². The molecule has 0 atom stereocenters. The van der Waals surface area contributed by atoms with Crippen molar-refractivity contribution in [1.82, 2.24) is 14.8 Å². The van der Waals surface area contributed by atoms with E-state index in [0.717, 1.165) is 11.8 Å². The largest absolute Gasteiger partial charge is 0.486 e. The molecule has 0 aliphatic carbocycles. The molecule has 8 heteroatoms. The average molecular weight is 393 g/mol. The van der Waals surface area contributed by atoms with Crippen molar-refractivity contribution in [3.8, 4) is 5.75 Å². The Balaban J connectivity index is 1.66. The standard InChI is InChI=1S/C19H18F3N3OS/c1-2-25-17(12-26-16-9-4-3-5-10-16)23-24-18(25)27-13-14-7-6-8-15(11-14)19(20,21)22/h3-11H,2,12-13H2,1H3. The van der Waals surface area contributed by atoms with Gasteiger partial charge in [-0.3, -0.25) is 0 Å². The summed E-state index contributed by atoms with van der Waals surface area (Å²) in [6.45, 7) is 2.88. The minimum absolute atomic E-state index is 0.273. The van der Waals surface area contributed by atoms with E-state index in [-0.39, 0.29) is 6.61 Å². The molecule has 142 valence electrons. The fourth-order valence-corrected chi connectivity index (χ4v) is 3.46. The maximum atomic E-state index is 12.8. The number of halogens is 3. The van der Waals surface area contributed by atoms with Crippen molar-refractivity contribution in [1.29, 1.82) is 0 Å². The van der Waals surface area contributed by atoms with Crippen LogP contribution in [0, 0.1) is 0 Å². The summed E-state index contributed by atoms with van der Waals surface area (Å²) in [6.07, 6.45) is -4.34. The van der Waals surface area contributed by atoms with Crippen LogP contribution in [-0.4, -0.2) is 14.8 Å². The number of ether oxygens (including phenoxy) is 1. The Kier molecular flexibility index (Phi) is 6.05. The average Bonchev–Trinajstić information content (AvgIpc) is 3.07. The van der Waals surface area contributed by atoms with Crippen LogP contribution in [-0.2, 0) is 25.1 Å². The molecule has 4 nitrogen and oxygen atoms in total. The number of nitrogens with zero attached hydrogens (tertiary/aromatic N) is 3. The number of aromatic nitrogens is 3. The van der Waals surface area contributed by atoms with Crippen LogP contribution in [0.2, 0.25) is 0 Å². The molecule has 2 aromatic carbocycles. The molecule has 0 radical (unpaired) electrons. The SMILES string of the molecule is CCn1c(COc2ccccc2)nnc1SCc1cccc(C(F)(F)F)c1. The highest BCUT2D eigenvalue weighted by Gasteiger charge is 2.30. The number of alkyl halides is 3. The lowest BCUT2D eigenvalue weighted by Crippen LogP contribution is -2.07. The van der Waals surface area contributed by atoms with Gasteiger partial charge in [0.2, 0.25) is 0 Å². The molecule has 3 aromatic rings. The first-order valence-electron chi connectivity index (χ1n) is 8.36. The van der Waals surface area contributed by atoms with Gasteiger partial charge < -0.3 is 9.30 Å². The summed E-state index contributed by atoms with van der Waals surface area (Å²) in [7, 11) is 0. The summed E-state index contributed by atoms with van der Waals surface area (Å²) in [6, 6.07) is 14.7. The van der Waals surface area contributed by atoms with Gasteiger partial charge in [0, 0.05) is 12.3 Å². The molecular weight excluding hydrogens is 375 g/mol. The topological polar surface area (TPSA) is 39.9 Å². The zero-order chi connectivity index (χ0) is 19.3. The van der Waals surface area contributed by atoms with Crippen LogP contribution in [0.15, 0.2) is 59.8 Å². The van der Waals surface area contributed by atoms with Gasteiger partial charge in [-0.05, 0) is 30.7 Å². The minimum Gasteiger partial charge on any atom is -0.486 e. The van der Waals surface area contributed by atoms with Crippen molar-refractivity contribution in [3.63, 3.8) is 0 Å². The molecule has 0 spiro atoms. The van der Waals surface area contributed by atoms with E-state index in [2.05, 4.69) is 10.2 Å². The normalized spacial score (nSPS) is 11.6. The lowest BCUT2D eigenvalue weighted by atomic mass is 10.1. The molecule has 0 aliphatic heterocycles. The molecule has 1 aromatic heterocycles. The summed E-state index contributed by atoms with van der Waals surface area (Å²) in [5, 5.41) is 8.97. The molecule has 0 amide bonds. The van der Waals surface area contributed by atoms with Gasteiger partial charge in [0.1, 0.15) is 12.4 Å². The van der Waals surface area contributed by atoms with Gasteiger partial charge in [0.15, 0.2) is 11.0 Å². The van der Waals surface area contributed by atoms with Gasteiger partial charge in [0.25, 0.3) is 0 Å². The highest BCUT2D eigenvalue weighted by molar-refractivity contribution is 7.98. The molecule has 27 heavy (non-hydrogen) atoms. The van der Waals surface area contributed by atoms with Crippen molar-refractivity contribution in [2.75, 3.05) is 0 Å². The zero-order valence-corrected chi connectivity index (χ0v) is 15.4.